The highest BCUT2D eigenvalue weighted by Gasteiger charge is 2.19. The first kappa shape index (κ1) is 21.7. The van der Waals surface area contributed by atoms with Crippen LogP contribution in [-0.2, 0) is 17.7 Å². The van der Waals surface area contributed by atoms with Crippen molar-refractivity contribution in [3.05, 3.63) is 48.0 Å². The number of alkyl halides is 2. The summed E-state index contributed by atoms with van der Waals surface area (Å²) >= 11 is -1.42. The van der Waals surface area contributed by atoms with Gasteiger partial charge in [0.15, 0.2) is 11.2 Å². The third kappa shape index (κ3) is 4.61. The van der Waals surface area contributed by atoms with Crippen LogP contribution >= 0.6 is 0 Å². The Kier molecular flexibility index (Phi) is 6.70. The molecule has 0 aliphatic rings. The number of fused-ring (bicyclic) bond motifs is 1. The van der Waals surface area contributed by atoms with E-state index in [1.54, 1.807) is 18.2 Å². The molecule has 1 unspecified atom stereocenters. The molecule has 9 heteroatoms. The van der Waals surface area contributed by atoms with Crippen molar-refractivity contribution in [1.82, 2.24) is 9.29 Å². The van der Waals surface area contributed by atoms with Crippen LogP contribution in [0.3, 0.4) is 0 Å². The van der Waals surface area contributed by atoms with Gasteiger partial charge in [0.25, 0.3) is 0 Å². The second-order valence-corrected chi connectivity index (χ2v) is 7.84. The van der Waals surface area contributed by atoms with E-state index in [-0.39, 0.29) is 11.8 Å². The molecule has 1 atom stereocenters. The molecular weight excluding hydrogens is 410 g/mol. The molecule has 158 valence electrons. The van der Waals surface area contributed by atoms with Crippen molar-refractivity contribution in [3.63, 3.8) is 0 Å². The van der Waals surface area contributed by atoms with Gasteiger partial charge >= 0.3 is 6.61 Å². The first-order valence-electron chi connectivity index (χ1n) is 9.40. The molecule has 0 aliphatic heterocycles. The highest BCUT2D eigenvalue weighted by atomic mass is 32.2. The van der Waals surface area contributed by atoms with Crippen molar-refractivity contribution < 1.29 is 17.7 Å². The quantitative estimate of drug-likeness (QED) is 0.537. The van der Waals surface area contributed by atoms with Crippen molar-refractivity contribution in [2.24, 2.45) is 0 Å². The van der Waals surface area contributed by atoms with E-state index in [2.05, 4.69) is 20.3 Å². The van der Waals surface area contributed by atoms with E-state index in [4.69, 9.17) is 0 Å². The first-order valence-corrected chi connectivity index (χ1v) is 10.5. The van der Waals surface area contributed by atoms with Gasteiger partial charge in [-0.3, -0.25) is 4.72 Å². The molecule has 3 rings (SSSR count). The van der Waals surface area contributed by atoms with E-state index in [9.17, 15) is 18.3 Å². The molecule has 0 amide bonds. The third-order valence-electron chi connectivity index (χ3n) is 4.40. The molecule has 0 spiro atoms. The molecule has 1 heterocycles. The minimum atomic E-state index is -2.92. The summed E-state index contributed by atoms with van der Waals surface area (Å²) < 4.78 is 49.3. The minimum Gasteiger partial charge on any atom is -0.435 e. The fraction of sp³-hybridized carbons (Fsp3) is 0.286. The van der Waals surface area contributed by atoms with E-state index in [0.29, 0.717) is 34.4 Å². The van der Waals surface area contributed by atoms with Crippen LogP contribution in [0.2, 0.25) is 0 Å². The molecule has 2 aromatic carbocycles. The fourth-order valence-electron chi connectivity index (χ4n) is 3.29. The zero-order valence-corrected chi connectivity index (χ0v) is 17.6. The molecule has 0 aliphatic carbocycles. The number of hydrogen-bond acceptors (Lipinski definition) is 3. The van der Waals surface area contributed by atoms with Crippen LogP contribution in [0.1, 0.15) is 26.3 Å². The summed E-state index contributed by atoms with van der Waals surface area (Å²) in [6.45, 7) is 3.33. The predicted molar refractivity (Wildman–Crippen MR) is 114 cm³/mol. The number of nitrogens with one attached hydrogen (secondary N) is 2. The topological polar surface area (TPSA) is 79.1 Å². The molecule has 30 heavy (non-hydrogen) atoms. The average molecular weight is 432 g/mol. The molecular formula is C21H22F2N4O2S. The summed E-state index contributed by atoms with van der Waals surface area (Å²) in [5.41, 5.74) is 3.25. The second kappa shape index (κ2) is 9.24. The summed E-state index contributed by atoms with van der Waals surface area (Å²) in [7, 11) is 0. The maximum Gasteiger partial charge on any atom is 0.387 e. The molecule has 0 radical (unpaired) electrons. The lowest BCUT2D eigenvalue weighted by Gasteiger charge is -2.12. The van der Waals surface area contributed by atoms with Gasteiger partial charge in [-0.15, -0.1) is 0 Å². The van der Waals surface area contributed by atoms with Gasteiger partial charge in [-0.1, -0.05) is 12.1 Å². The number of nitrogens with zero attached hydrogens (tertiary/aromatic N) is 2. The van der Waals surface area contributed by atoms with Crippen LogP contribution in [0.15, 0.2) is 42.5 Å². The van der Waals surface area contributed by atoms with E-state index in [1.165, 1.54) is 12.1 Å². The minimum absolute atomic E-state index is 0.0421. The molecule has 6 nitrogen and oxygen atoms in total. The van der Waals surface area contributed by atoms with Crippen LogP contribution in [0, 0.1) is 11.3 Å². The largest absolute Gasteiger partial charge is 0.435 e. The zero-order valence-electron chi connectivity index (χ0n) is 16.8. The standard InChI is InChI=1S/C21H22F2N4O2S/c1-4-27-19-11-16(29-21(22)23)9-10-17(19)18(12-24)20(27)14-5-7-15(8-6-14)26-30(28)25-13(2)3/h5-11,13,21,25-26H,4H2,1-3H3. The van der Waals surface area contributed by atoms with E-state index in [1.807, 2.05) is 37.5 Å². The maximum atomic E-state index is 12.6. The highest BCUT2D eigenvalue weighted by molar-refractivity contribution is 7.84. The maximum absolute atomic E-state index is 12.6. The van der Waals surface area contributed by atoms with Gasteiger partial charge in [-0.05, 0) is 50.6 Å². The number of nitriles is 1. The summed E-state index contributed by atoms with van der Waals surface area (Å²) in [5.74, 6) is 0.0421. The number of rotatable bonds is 8. The Morgan fingerprint density at radius 3 is 2.47 bits per heavy atom. The summed E-state index contributed by atoms with van der Waals surface area (Å²) in [6, 6.07) is 14.1. The Hall–Kier alpha value is -2.96. The Morgan fingerprint density at radius 1 is 1.20 bits per heavy atom. The van der Waals surface area contributed by atoms with E-state index >= 15 is 0 Å². The molecule has 2 N–H and O–H groups in total. The number of anilines is 1. The zero-order chi connectivity index (χ0) is 21.8. The summed E-state index contributed by atoms with van der Waals surface area (Å²) in [4.78, 5) is 0. The van der Waals surface area contributed by atoms with Crippen molar-refractivity contribution >= 4 is 27.8 Å². The van der Waals surface area contributed by atoms with E-state index < -0.39 is 17.8 Å². The van der Waals surface area contributed by atoms with Crippen molar-refractivity contribution in [1.29, 1.82) is 5.26 Å². The normalized spacial score (nSPS) is 12.3. The SMILES string of the molecule is CCn1c(-c2ccc(NS(=O)NC(C)C)cc2)c(C#N)c2ccc(OC(F)F)cc21. The molecule has 0 bridgehead atoms. The van der Waals surface area contributed by atoms with Crippen molar-refractivity contribution in [3.8, 4) is 23.1 Å². The van der Waals surface area contributed by atoms with Crippen LogP contribution in [0.25, 0.3) is 22.2 Å². The summed E-state index contributed by atoms with van der Waals surface area (Å²) in [5, 5.41) is 10.5. The van der Waals surface area contributed by atoms with Gasteiger partial charge in [0.05, 0.1) is 16.8 Å². The van der Waals surface area contributed by atoms with Crippen LogP contribution in [-0.4, -0.2) is 21.4 Å². The Morgan fingerprint density at radius 2 is 1.90 bits per heavy atom. The van der Waals surface area contributed by atoms with Crippen LogP contribution < -0.4 is 14.2 Å². The molecule has 0 saturated heterocycles. The van der Waals surface area contributed by atoms with Crippen molar-refractivity contribution in [2.75, 3.05) is 4.72 Å². The van der Waals surface area contributed by atoms with Gasteiger partial charge in [0.1, 0.15) is 11.8 Å². The Balaban J connectivity index is 2.02. The predicted octanol–water partition coefficient (Wildman–Crippen LogP) is 4.79. The molecule has 3 aromatic rings. The van der Waals surface area contributed by atoms with Crippen LogP contribution in [0.4, 0.5) is 14.5 Å². The lowest BCUT2D eigenvalue weighted by Crippen LogP contribution is -2.29. The Bertz CT molecular complexity index is 1100. The number of aryl methyl sites for hydroxylation is 1. The van der Waals surface area contributed by atoms with E-state index in [0.717, 1.165) is 5.56 Å². The lowest BCUT2D eigenvalue weighted by molar-refractivity contribution is -0.0497. The molecule has 0 fully saturated rings. The monoisotopic (exact) mass is 432 g/mol. The lowest BCUT2D eigenvalue weighted by atomic mass is 10.1. The number of ether oxygens (including phenoxy) is 1. The van der Waals surface area contributed by atoms with Gasteiger partial charge in [0.2, 0.25) is 0 Å². The number of halogens is 2. The first-order chi connectivity index (χ1) is 14.3. The highest BCUT2D eigenvalue weighted by Crippen LogP contribution is 2.36. The van der Waals surface area contributed by atoms with Gasteiger partial charge in [-0.2, -0.15) is 14.0 Å². The molecule has 0 saturated carbocycles. The smallest absolute Gasteiger partial charge is 0.387 e. The third-order valence-corrected chi connectivity index (χ3v) is 5.51. The summed E-state index contributed by atoms with van der Waals surface area (Å²) in [6.07, 6.45) is 0. The number of hydrogen-bond donors (Lipinski definition) is 2. The fourth-order valence-corrected chi connectivity index (χ4v) is 4.13. The van der Waals surface area contributed by atoms with Gasteiger partial charge in [-0.25, -0.2) is 8.93 Å². The van der Waals surface area contributed by atoms with Gasteiger partial charge < -0.3 is 9.30 Å². The van der Waals surface area contributed by atoms with Gasteiger partial charge in [0, 0.05) is 29.7 Å². The number of aromatic nitrogens is 1. The Labute approximate surface area is 176 Å². The van der Waals surface area contributed by atoms with Crippen molar-refractivity contribution in [2.45, 2.75) is 40.0 Å². The molecule has 1 aromatic heterocycles. The average Bonchev–Trinajstić information content (AvgIpc) is 3.00. The number of benzene rings is 2. The second-order valence-electron chi connectivity index (χ2n) is 6.86. The van der Waals surface area contributed by atoms with Crippen LogP contribution in [0.5, 0.6) is 5.75 Å².